The summed E-state index contributed by atoms with van der Waals surface area (Å²) < 4.78 is 13.8. The average Bonchev–Trinajstić information content (AvgIpc) is 3.42. The molecule has 0 spiro atoms. The van der Waals surface area contributed by atoms with Gasteiger partial charge in [0.25, 0.3) is 0 Å². The van der Waals surface area contributed by atoms with Gasteiger partial charge < -0.3 is 4.98 Å². The second kappa shape index (κ2) is 7.05. The molecule has 0 aliphatic rings. The predicted octanol–water partition coefficient (Wildman–Crippen LogP) is 5.07. The number of hydrogen-bond donors (Lipinski definition) is 2. The summed E-state index contributed by atoms with van der Waals surface area (Å²) in [4.78, 5) is 21.3. The maximum Gasteiger partial charge on any atom is 0.159 e. The summed E-state index contributed by atoms with van der Waals surface area (Å²) in [5, 5.41) is 8.27. The number of imidazole rings is 1. The highest BCUT2D eigenvalue weighted by Crippen LogP contribution is 2.32. The zero-order valence-electron chi connectivity index (χ0n) is 17.0. The summed E-state index contributed by atoms with van der Waals surface area (Å²) in [7, 11) is 0. The fourth-order valence-corrected chi connectivity index (χ4v) is 3.89. The fraction of sp³-hybridized carbons (Fsp3) is 0.0417. The number of nitrogens with one attached hydrogen (secondary N) is 2. The summed E-state index contributed by atoms with van der Waals surface area (Å²) in [6.07, 6.45) is 7.08. The van der Waals surface area contributed by atoms with Crippen LogP contribution in [-0.4, -0.2) is 35.1 Å². The van der Waals surface area contributed by atoms with Crippen molar-refractivity contribution in [1.82, 2.24) is 35.1 Å². The van der Waals surface area contributed by atoms with Crippen molar-refractivity contribution < 1.29 is 4.39 Å². The highest BCUT2D eigenvalue weighted by Gasteiger charge is 2.17. The number of hydrogen-bond acceptors (Lipinski definition) is 5. The van der Waals surface area contributed by atoms with Gasteiger partial charge in [0.2, 0.25) is 0 Å². The van der Waals surface area contributed by atoms with Crippen LogP contribution in [0.2, 0.25) is 0 Å². The maximum atomic E-state index is 13.8. The van der Waals surface area contributed by atoms with Crippen LogP contribution < -0.4 is 0 Å². The Bertz CT molecular complexity index is 1620. The molecule has 154 valence electrons. The minimum Gasteiger partial charge on any atom is -0.336 e. The standard InChI is InChI=1S/C24H16FN7/c1-13-5-7-26-12-18(13)15-10-17-21(31-32-23(17)28-11-15)24-29-19-6-8-27-20(22(19)30-24)14-3-2-4-16(25)9-14/h2-12H,1H3,(H,29,30)(H,28,31,32). The Morgan fingerprint density at radius 3 is 2.72 bits per heavy atom. The molecule has 0 radical (unpaired) electrons. The van der Waals surface area contributed by atoms with Gasteiger partial charge in [-0.25, -0.2) is 14.4 Å². The van der Waals surface area contributed by atoms with Crippen LogP contribution in [0.1, 0.15) is 5.56 Å². The molecule has 0 bridgehead atoms. The van der Waals surface area contributed by atoms with E-state index in [1.54, 1.807) is 24.7 Å². The van der Waals surface area contributed by atoms with Crippen LogP contribution in [-0.2, 0) is 0 Å². The third-order valence-electron chi connectivity index (χ3n) is 5.49. The summed E-state index contributed by atoms with van der Waals surface area (Å²) in [6, 6.07) is 12.2. The van der Waals surface area contributed by atoms with Gasteiger partial charge in [-0.1, -0.05) is 12.1 Å². The first-order valence-electron chi connectivity index (χ1n) is 10.0. The van der Waals surface area contributed by atoms with Gasteiger partial charge in [-0.15, -0.1) is 0 Å². The minimum absolute atomic E-state index is 0.320. The van der Waals surface area contributed by atoms with Gasteiger partial charge >= 0.3 is 0 Å². The maximum absolute atomic E-state index is 13.8. The number of pyridine rings is 3. The lowest BCUT2D eigenvalue weighted by Crippen LogP contribution is -1.87. The molecule has 0 saturated heterocycles. The van der Waals surface area contributed by atoms with Crippen molar-refractivity contribution >= 4 is 22.1 Å². The number of aryl methyl sites for hydroxylation is 1. The van der Waals surface area contributed by atoms with Crippen LogP contribution in [0.25, 0.3) is 56.0 Å². The van der Waals surface area contributed by atoms with Crippen LogP contribution in [0.15, 0.2) is 67.3 Å². The molecule has 6 rings (SSSR count). The zero-order valence-corrected chi connectivity index (χ0v) is 17.0. The lowest BCUT2D eigenvalue weighted by Gasteiger charge is -2.04. The number of H-pyrrole nitrogens is 2. The summed E-state index contributed by atoms with van der Waals surface area (Å²) in [6.45, 7) is 2.04. The second-order valence-corrected chi connectivity index (χ2v) is 7.53. The van der Waals surface area contributed by atoms with E-state index in [2.05, 4.69) is 30.1 Å². The van der Waals surface area contributed by atoms with Crippen LogP contribution >= 0.6 is 0 Å². The van der Waals surface area contributed by atoms with Crippen LogP contribution in [0.3, 0.4) is 0 Å². The van der Waals surface area contributed by atoms with Crippen molar-refractivity contribution in [2.45, 2.75) is 6.92 Å². The molecule has 0 aliphatic carbocycles. The number of rotatable bonds is 3. The quantitative estimate of drug-likeness (QED) is 0.416. The molecule has 2 N–H and O–H groups in total. The molecule has 1 aromatic carbocycles. The van der Waals surface area contributed by atoms with Crippen molar-refractivity contribution in [2.24, 2.45) is 0 Å². The fourth-order valence-electron chi connectivity index (χ4n) is 3.89. The number of halogens is 1. The van der Waals surface area contributed by atoms with Crippen molar-refractivity contribution in [3.8, 4) is 33.9 Å². The Hall–Kier alpha value is -4.46. The van der Waals surface area contributed by atoms with E-state index < -0.39 is 0 Å². The Morgan fingerprint density at radius 1 is 0.906 bits per heavy atom. The number of benzene rings is 1. The van der Waals surface area contributed by atoms with Crippen LogP contribution in [0.4, 0.5) is 4.39 Å². The molecule has 6 aromatic rings. The Labute approximate surface area is 181 Å². The van der Waals surface area contributed by atoms with Gasteiger partial charge in [-0.05, 0) is 42.8 Å². The smallest absolute Gasteiger partial charge is 0.159 e. The first-order chi connectivity index (χ1) is 15.7. The first-order valence-corrected chi connectivity index (χ1v) is 10.0. The Kier molecular flexibility index (Phi) is 4.04. The molecular formula is C24H16FN7. The number of nitrogens with zero attached hydrogens (tertiary/aromatic N) is 5. The SMILES string of the molecule is Cc1ccncc1-c1cnc2[nH]nc(-c3nc4c(-c5cccc(F)c5)nccc4[nH]3)c2c1. The van der Waals surface area contributed by atoms with Crippen molar-refractivity contribution in [3.63, 3.8) is 0 Å². The predicted molar refractivity (Wildman–Crippen MR) is 120 cm³/mol. The number of aromatic amines is 2. The molecule has 32 heavy (non-hydrogen) atoms. The van der Waals surface area contributed by atoms with E-state index in [-0.39, 0.29) is 5.82 Å². The van der Waals surface area contributed by atoms with Gasteiger partial charge in [0, 0.05) is 41.5 Å². The van der Waals surface area contributed by atoms with E-state index in [0.717, 1.165) is 27.6 Å². The highest BCUT2D eigenvalue weighted by atomic mass is 19.1. The van der Waals surface area contributed by atoms with Gasteiger partial charge in [0.15, 0.2) is 11.5 Å². The number of fused-ring (bicyclic) bond motifs is 2. The molecule has 7 nitrogen and oxygen atoms in total. The second-order valence-electron chi connectivity index (χ2n) is 7.53. The normalized spacial score (nSPS) is 11.4. The van der Waals surface area contributed by atoms with Gasteiger partial charge in [-0.2, -0.15) is 5.10 Å². The van der Waals surface area contributed by atoms with Crippen molar-refractivity contribution in [2.75, 3.05) is 0 Å². The van der Waals surface area contributed by atoms with Crippen LogP contribution in [0, 0.1) is 12.7 Å². The average molecular weight is 421 g/mol. The summed E-state index contributed by atoms with van der Waals surface area (Å²) >= 11 is 0. The highest BCUT2D eigenvalue weighted by molar-refractivity contribution is 5.96. The van der Waals surface area contributed by atoms with E-state index in [0.29, 0.717) is 33.9 Å². The topological polar surface area (TPSA) is 96.0 Å². The lowest BCUT2D eigenvalue weighted by atomic mass is 10.0. The monoisotopic (exact) mass is 421 g/mol. The van der Waals surface area contributed by atoms with Crippen molar-refractivity contribution in [1.29, 1.82) is 0 Å². The van der Waals surface area contributed by atoms with E-state index in [1.807, 2.05) is 37.4 Å². The molecule has 0 saturated carbocycles. The largest absolute Gasteiger partial charge is 0.336 e. The molecule has 5 heterocycles. The van der Waals surface area contributed by atoms with Gasteiger partial charge in [0.1, 0.15) is 17.0 Å². The zero-order chi connectivity index (χ0) is 21.7. The van der Waals surface area contributed by atoms with E-state index in [9.17, 15) is 4.39 Å². The molecule has 0 atom stereocenters. The summed E-state index contributed by atoms with van der Waals surface area (Å²) in [5.41, 5.74) is 7.09. The lowest BCUT2D eigenvalue weighted by molar-refractivity contribution is 0.628. The molecular weight excluding hydrogens is 405 g/mol. The van der Waals surface area contributed by atoms with Gasteiger partial charge in [0.05, 0.1) is 16.6 Å². The van der Waals surface area contributed by atoms with Crippen LogP contribution in [0.5, 0.6) is 0 Å². The van der Waals surface area contributed by atoms with Gasteiger partial charge in [-0.3, -0.25) is 15.1 Å². The van der Waals surface area contributed by atoms with E-state index in [1.165, 1.54) is 12.1 Å². The van der Waals surface area contributed by atoms with Crippen molar-refractivity contribution in [3.05, 3.63) is 78.6 Å². The minimum atomic E-state index is -0.320. The molecule has 0 fully saturated rings. The van der Waals surface area contributed by atoms with E-state index >= 15 is 0 Å². The first kappa shape index (κ1) is 18.3. The molecule has 5 aromatic heterocycles. The molecule has 0 unspecified atom stereocenters. The third kappa shape index (κ3) is 2.92. The van der Waals surface area contributed by atoms with E-state index in [4.69, 9.17) is 4.98 Å². The Morgan fingerprint density at radius 2 is 1.84 bits per heavy atom. The Balaban J connectivity index is 1.52. The summed E-state index contributed by atoms with van der Waals surface area (Å²) in [5.74, 6) is 0.262. The number of aromatic nitrogens is 7. The molecule has 8 heteroatoms. The third-order valence-corrected chi connectivity index (χ3v) is 5.49. The molecule has 0 aliphatic heterocycles. The molecule has 0 amide bonds.